The summed E-state index contributed by atoms with van der Waals surface area (Å²) >= 11 is 0. The number of carboxylic acids is 1. The van der Waals surface area contributed by atoms with Crippen molar-refractivity contribution in [2.24, 2.45) is 5.41 Å². The van der Waals surface area contributed by atoms with Crippen LogP contribution in [-0.4, -0.2) is 23.5 Å². The number of benzene rings is 1. The number of aliphatic carboxylic acids is 1. The molecule has 0 aromatic heterocycles. The lowest BCUT2D eigenvalue weighted by Gasteiger charge is -2.27. The van der Waals surface area contributed by atoms with Gasteiger partial charge in [-0.15, -0.1) is 0 Å². The van der Waals surface area contributed by atoms with E-state index in [-0.39, 0.29) is 17.9 Å². The van der Waals surface area contributed by atoms with E-state index >= 15 is 0 Å². The molecule has 2 N–H and O–H groups in total. The van der Waals surface area contributed by atoms with Crippen molar-refractivity contribution in [2.75, 3.05) is 6.54 Å². The minimum Gasteiger partial charge on any atom is -0.481 e. The van der Waals surface area contributed by atoms with Gasteiger partial charge >= 0.3 is 5.97 Å². The molecule has 1 aromatic rings. The van der Waals surface area contributed by atoms with Gasteiger partial charge in [0.05, 0.1) is 5.92 Å². The molecule has 21 heavy (non-hydrogen) atoms. The number of hydrogen-bond donors (Lipinski definition) is 2. The molecule has 1 fully saturated rings. The molecule has 0 radical (unpaired) electrons. The highest BCUT2D eigenvalue weighted by molar-refractivity contribution is 5.84. The first-order valence-corrected chi connectivity index (χ1v) is 7.65. The molecule has 4 nitrogen and oxygen atoms in total. The molecule has 4 heteroatoms. The minimum atomic E-state index is -0.904. The lowest BCUT2D eigenvalue weighted by atomic mass is 9.82. The smallest absolute Gasteiger partial charge is 0.312 e. The number of carboxylic acid groups (broad SMARTS) is 1. The van der Waals surface area contributed by atoms with Crippen molar-refractivity contribution in [3.05, 3.63) is 35.9 Å². The third kappa shape index (κ3) is 3.43. The molecule has 0 bridgehead atoms. The maximum atomic E-state index is 12.5. The molecular formula is C17H23NO3. The summed E-state index contributed by atoms with van der Waals surface area (Å²) in [5, 5.41) is 12.3. The summed E-state index contributed by atoms with van der Waals surface area (Å²) in [6, 6.07) is 9.06. The van der Waals surface area contributed by atoms with Crippen LogP contribution in [0.15, 0.2) is 30.3 Å². The Morgan fingerprint density at radius 2 is 1.86 bits per heavy atom. The van der Waals surface area contributed by atoms with E-state index in [4.69, 9.17) is 0 Å². The number of hydrogen-bond acceptors (Lipinski definition) is 2. The summed E-state index contributed by atoms with van der Waals surface area (Å²) in [6.07, 6.45) is 4.82. The van der Waals surface area contributed by atoms with Crippen molar-refractivity contribution in [2.45, 2.75) is 44.9 Å². The van der Waals surface area contributed by atoms with Crippen molar-refractivity contribution in [1.82, 2.24) is 5.32 Å². The molecule has 1 atom stereocenters. The van der Waals surface area contributed by atoms with Crippen LogP contribution in [0.1, 0.15) is 50.5 Å². The Balaban J connectivity index is 2.02. The van der Waals surface area contributed by atoms with E-state index in [2.05, 4.69) is 5.32 Å². The maximum Gasteiger partial charge on any atom is 0.312 e. The highest BCUT2D eigenvalue weighted by Gasteiger charge is 2.39. The summed E-state index contributed by atoms with van der Waals surface area (Å²) in [5.74, 6) is -1.58. The molecule has 1 aromatic carbocycles. The van der Waals surface area contributed by atoms with E-state index in [1.54, 1.807) is 12.1 Å². The van der Waals surface area contributed by atoms with Gasteiger partial charge in [0.1, 0.15) is 0 Å². The standard InChI is InChI=1S/C17H23NO3/c1-2-17(10-6-7-11-17)16(21)18-12-14(15(19)20)13-8-4-3-5-9-13/h3-5,8-9,14H,2,6-7,10-12H2,1H3,(H,18,21)(H,19,20). The maximum absolute atomic E-state index is 12.5. The zero-order valence-electron chi connectivity index (χ0n) is 12.5. The van der Waals surface area contributed by atoms with Gasteiger partial charge in [-0.3, -0.25) is 9.59 Å². The predicted molar refractivity (Wildman–Crippen MR) is 81.0 cm³/mol. The van der Waals surface area contributed by atoms with Gasteiger partial charge in [-0.25, -0.2) is 0 Å². The van der Waals surface area contributed by atoms with Gasteiger partial charge < -0.3 is 10.4 Å². The average molecular weight is 289 g/mol. The van der Waals surface area contributed by atoms with Crippen molar-refractivity contribution in [3.63, 3.8) is 0 Å². The highest BCUT2D eigenvalue weighted by atomic mass is 16.4. The molecule has 2 rings (SSSR count). The van der Waals surface area contributed by atoms with Gasteiger partial charge in [0, 0.05) is 12.0 Å². The third-order valence-corrected chi connectivity index (χ3v) is 4.69. The van der Waals surface area contributed by atoms with Crippen molar-refractivity contribution in [3.8, 4) is 0 Å². The third-order valence-electron chi connectivity index (χ3n) is 4.69. The van der Waals surface area contributed by atoms with E-state index in [9.17, 15) is 14.7 Å². The lowest BCUT2D eigenvalue weighted by Crippen LogP contribution is -2.41. The normalized spacial score (nSPS) is 18.1. The quantitative estimate of drug-likeness (QED) is 0.846. The molecule has 1 aliphatic carbocycles. The van der Waals surface area contributed by atoms with E-state index in [0.717, 1.165) is 37.7 Å². The second-order valence-electron chi connectivity index (χ2n) is 5.85. The van der Waals surface area contributed by atoms with E-state index in [1.807, 2.05) is 25.1 Å². The SMILES string of the molecule is CCC1(C(=O)NCC(C(=O)O)c2ccccc2)CCCC1. The monoisotopic (exact) mass is 289 g/mol. The summed E-state index contributed by atoms with van der Waals surface area (Å²) in [5.41, 5.74) is 0.446. The highest BCUT2D eigenvalue weighted by Crippen LogP contribution is 2.41. The van der Waals surface area contributed by atoms with E-state index < -0.39 is 11.9 Å². The Morgan fingerprint density at radius 1 is 1.24 bits per heavy atom. The van der Waals surface area contributed by atoms with Crippen LogP contribution < -0.4 is 5.32 Å². The lowest BCUT2D eigenvalue weighted by molar-refractivity contribution is -0.139. The van der Waals surface area contributed by atoms with Crippen molar-refractivity contribution < 1.29 is 14.7 Å². The summed E-state index contributed by atoms with van der Waals surface area (Å²) in [6.45, 7) is 2.19. The van der Waals surface area contributed by atoms with E-state index in [1.165, 1.54) is 0 Å². The van der Waals surface area contributed by atoms with Gasteiger partial charge in [-0.1, -0.05) is 50.1 Å². The Labute approximate surface area is 125 Å². The van der Waals surface area contributed by atoms with Crippen LogP contribution in [0.25, 0.3) is 0 Å². The first-order valence-electron chi connectivity index (χ1n) is 7.65. The van der Waals surface area contributed by atoms with Crippen LogP contribution in [-0.2, 0) is 9.59 Å². The van der Waals surface area contributed by atoms with Crippen LogP contribution in [0.5, 0.6) is 0 Å². The van der Waals surface area contributed by atoms with Gasteiger partial charge in [0.15, 0.2) is 0 Å². The van der Waals surface area contributed by atoms with Gasteiger partial charge in [0.25, 0.3) is 0 Å². The Morgan fingerprint density at radius 3 is 2.38 bits per heavy atom. The molecule has 0 saturated heterocycles. The predicted octanol–water partition coefficient (Wildman–Crippen LogP) is 2.94. The minimum absolute atomic E-state index is 0.0182. The Bertz CT molecular complexity index is 492. The zero-order valence-corrected chi connectivity index (χ0v) is 12.5. The number of nitrogens with one attached hydrogen (secondary N) is 1. The zero-order chi connectivity index (χ0) is 15.3. The second kappa shape index (κ2) is 6.74. The van der Waals surface area contributed by atoms with Gasteiger partial charge in [-0.05, 0) is 24.8 Å². The molecule has 0 aliphatic heterocycles. The largest absolute Gasteiger partial charge is 0.481 e. The second-order valence-corrected chi connectivity index (χ2v) is 5.85. The fourth-order valence-corrected chi connectivity index (χ4v) is 3.21. The molecule has 1 aliphatic rings. The fraction of sp³-hybridized carbons (Fsp3) is 0.529. The number of carbonyl (C=O) groups is 2. The summed E-state index contributed by atoms with van der Waals surface area (Å²) in [7, 11) is 0. The summed E-state index contributed by atoms with van der Waals surface area (Å²) < 4.78 is 0. The van der Waals surface area contributed by atoms with Gasteiger partial charge in [0.2, 0.25) is 5.91 Å². The van der Waals surface area contributed by atoms with Gasteiger partial charge in [-0.2, -0.15) is 0 Å². The Kier molecular flexibility index (Phi) is 4.99. The molecular weight excluding hydrogens is 266 g/mol. The van der Waals surface area contributed by atoms with Crippen molar-refractivity contribution in [1.29, 1.82) is 0 Å². The molecule has 0 heterocycles. The molecule has 1 saturated carbocycles. The van der Waals surface area contributed by atoms with Crippen LogP contribution in [0.2, 0.25) is 0 Å². The van der Waals surface area contributed by atoms with Crippen LogP contribution in [0.3, 0.4) is 0 Å². The molecule has 1 amide bonds. The first-order chi connectivity index (χ1) is 10.1. The topological polar surface area (TPSA) is 66.4 Å². The average Bonchev–Trinajstić information content (AvgIpc) is 2.98. The number of carbonyl (C=O) groups excluding carboxylic acids is 1. The molecule has 114 valence electrons. The molecule has 0 spiro atoms. The van der Waals surface area contributed by atoms with Crippen molar-refractivity contribution >= 4 is 11.9 Å². The van der Waals surface area contributed by atoms with E-state index in [0.29, 0.717) is 0 Å². The fourth-order valence-electron chi connectivity index (χ4n) is 3.21. The number of rotatable bonds is 6. The molecule has 1 unspecified atom stereocenters. The first kappa shape index (κ1) is 15.5. The van der Waals surface area contributed by atoms with Crippen LogP contribution >= 0.6 is 0 Å². The van der Waals surface area contributed by atoms with Crippen LogP contribution in [0.4, 0.5) is 0 Å². The number of amides is 1. The summed E-state index contributed by atoms with van der Waals surface area (Å²) in [4.78, 5) is 23.9. The Hall–Kier alpha value is -1.84. The van der Waals surface area contributed by atoms with Crippen LogP contribution in [0, 0.1) is 5.41 Å².